The molecule has 3 aliphatic carbocycles. The van der Waals surface area contributed by atoms with E-state index in [2.05, 4.69) is 4.90 Å². The van der Waals surface area contributed by atoms with Crippen LogP contribution < -0.4 is 5.73 Å². The molecule has 0 spiro atoms. The van der Waals surface area contributed by atoms with Gasteiger partial charge in [-0.2, -0.15) is 0 Å². The van der Waals surface area contributed by atoms with Gasteiger partial charge in [-0.05, 0) is 62.8 Å². The summed E-state index contributed by atoms with van der Waals surface area (Å²) in [6.07, 6.45) is 8.76. The lowest BCUT2D eigenvalue weighted by Crippen LogP contribution is -2.41. The summed E-state index contributed by atoms with van der Waals surface area (Å²) in [5.74, 6) is 2.75. The van der Waals surface area contributed by atoms with Crippen LogP contribution in [0.3, 0.4) is 0 Å². The molecule has 2 N–H and O–H groups in total. The maximum Gasteiger partial charge on any atom is 0.226 e. The van der Waals surface area contributed by atoms with Crippen molar-refractivity contribution in [1.82, 2.24) is 4.90 Å². The van der Waals surface area contributed by atoms with Crippen LogP contribution in [-0.2, 0) is 4.79 Å². The monoisotopic (exact) mass is 250 g/mol. The quantitative estimate of drug-likeness (QED) is 0.784. The van der Waals surface area contributed by atoms with E-state index in [-0.39, 0.29) is 5.92 Å². The van der Waals surface area contributed by atoms with Crippen molar-refractivity contribution in [3.63, 3.8) is 0 Å². The first kappa shape index (κ1) is 12.5. The number of rotatable bonds is 6. The Morgan fingerprint density at radius 1 is 1.00 bits per heavy atom. The number of carbonyl (C=O) groups is 1. The maximum atomic E-state index is 12.7. The second-order valence-electron chi connectivity index (χ2n) is 6.66. The summed E-state index contributed by atoms with van der Waals surface area (Å²) in [5, 5.41) is 0. The topological polar surface area (TPSA) is 46.3 Å². The van der Waals surface area contributed by atoms with E-state index in [4.69, 9.17) is 5.73 Å². The van der Waals surface area contributed by atoms with Crippen molar-refractivity contribution in [1.29, 1.82) is 0 Å². The molecule has 0 radical (unpaired) electrons. The van der Waals surface area contributed by atoms with Crippen LogP contribution in [0.4, 0.5) is 0 Å². The fourth-order valence-corrected chi connectivity index (χ4v) is 3.36. The van der Waals surface area contributed by atoms with Gasteiger partial charge in [-0.1, -0.05) is 6.42 Å². The first-order valence-corrected chi connectivity index (χ1v) is 7.76. The van der Waals surface area contributed by atoms with Gasteiger partial charge in [-0.25, -0.2) is 0 Å². The summed E-state index contributed by atoms with van der Waals surface area (Å²) in [6.45, 7) is 2.75. The molecule has 0 aromatic rings. The molecule has 3 rings (SSSR count). The number of hydrogen-bond acceptors (Lipinski definition) is 2. The van der Waals surface area contributed by atoms with E-state index in [0.29, 0.717) is 18.4 Å². The van der Waals surface area contributed by atoms with Crippen molar-refractivity contribution in [3.8, 4) is 0 Å². The van der Waals surface area contributed by atoms with Crippen LogP contribution in [0, 0.1) is 23.7 Å². The molecule has 3 saturated carbocycles. The highest BCUT2D eigenvalue weighted by atomic mass is 16.2. The molecule has 18 heavy (non-hydrogen) atoms. The van der Waals surface area contributed by atoms with Crippen LogP contribution in [0.25, 0.3) is 0 Å². The zero-order valence-electron chi connectivity index (χ0n) is 11.3. The van der Waals surface area contributed by atoms with Gasteiger partial charge < -0.3 is 10.6 Å². The molecular weight excluding hydrogens is 224 g/mol. The third-order valence-electron chi connectivity index (χ3n) is 4.94. The van der Waals surface area contributed by atoms with E-state index in [1.807, 2.05) is 0 Å². The van der Waals surface area contributed by atoms with Crippen LogP contribution in [0.2, 0.25) is 0 Å². The minimum atomic E-state index is 0.243. The summed E-state index contributed by atoms with van der Waals surface area (Å²) < 4.78 is 0. The molecule has 3 fully saturated rings. The van der Waals surface area contributed by atoms with E-state index in [1.54, 1.807) is 0 Å². The Morgan fingerprint density at radius 3 is 2.11 bits per heavy atom. The highest BCUT2D eigenvalue weighted by Crippen LogP contribution is 2.37. The molecular formula is C15H26N2O. The Morgan fingerprint density at radius 2 is 1.61 bits per heavy atom. The number of nitrogens with two attached hydrogens (primary N) is 1. The van der Waals surface area contributed by atoms with E-state index in [9.17, 15) is 4.79 Å². The summed E-state index contributed by atoms with van der Waals surface area (Å²) >= 11 is 0. The Labute approximate surface area is 110 Å². The molecule has 0 unspecified atom stereocenters. The molecule has 3 nitrogen and oxygen atoms in total. The lowest BCUT2D eigenvalue weighted by Gasteiger charge is -2.28. The Balaban J connectivity index is 1.61. The summed E-state index contributed by atoms with van der Waals surface area (Å²) in [7, 11) is 0. The molecule has 0 aromatic carbocycles. The van der Waals surface area contributed by atoms with Crippen molar-refractivity contribution < 1.29 is 4.79 Å². The third kappa shape index (κ3) is 2.87. The van der Waals surface area contributed by atoms with Crippen LogP contribution >= 0.6 is 0 Å². The first-order chi connectivity index (χ1) is 8.78. The van der Waals surface area contributed by atoms with Gasteiger partial charge in [0.2, 0.25) is 5.91 Å². The van der Waals surface area contributed by atoms with Crippen molar-refractivity contribution in [2.45, 2.75) is 44.9 Å². The summed E-state index contributed by atoms with van der Waals surface area (Å²) in [4.78, 5) is 14.9. The van der Waals surface area contributed by atoms with Gasteiger partial charge >= 0.3 is 0 Å². The van der Waals surface area contributed by atoms with Gasteiger partial charge in [0.25, 0.3) is 0 Å². The van der Waals surface area contributed by atoms with Crippen molar-refractivity contribution in [3.05, 3.63) is 0 Å². The zero-order valence-corrected chi connectivity index (χ0v) is 11.3. The molecule has 0 aromatic heterocycles. The Kier molecular flexibility index (Phi) is 3.60. The number of carbonyl (C=O) groups excluding carboxylic acids is 1. The third-order valence-corrected chi connectivity index (χ3v) is 4.94. The van der Waals surface area contributed by atoms with Crippen LogP contribution in [0.15, 0.2) is 0 Å². The van der Waals surface area contributed by atoms with E-state index in [1.165, 1.54) is 32.1 Å². The molecule has 0 aliphatic heterocycles. The fraction of sp³-hybridized carbons (Fsp3) is 0.933. The minimum Gasteiger partial charge on any atom is -0.342 e. The normalized spacial score (nSPS) is 31.6. The van der Waals surface area contributed by atoms with E-state index >= 15 is 0 Å². The maximum absolute atomic E-state index is 12.7. The molecule has 1 amide bonds. The van der Waals surface area contributed by atoms with E-state index in [0.717, 1.165) is 37.8 Å². The fourth-order valence-electron chi connectivity index (χ4n) is 3.36. The molecule has 3 aliphatic rings. The predicted octanol–water partition coefficient (Wildman–Crippen LogP) is 2.01. The van der Waals surface area contributed by atoms with Crippen molar-refractivity contribution >= 4 is 5.91 Å². The summed E-state index contributed by atoms with van der Waals surface area (Å²) in [5.41, 5.74) is 5.82. The lowest BCUT2D eigenvalue weighted by molar-refractivity contribution is -0.137. The van der Waals surface area contributed by atoms with Gasteiger partial charge in [-0.3, -0.25) is 4.79 Å². The SMILES string of the molecule is NC[C@H]1CCC[C@H]1C(=O)N(CC1CC1)CC1CC1. The highest BCUT2D eigenvalue weighted by molar-refractivity contribution is 5.79. The Hall–Kier alpha value is -0.570. The molecule has 0 bridgehead atoms. The van der Waals surface area contributed by atoms with Crippen molar-refractivity contribution in [2.24, 2.45) is 29.4 Å². The number of hydrogen-bond donors (Lipinski definition) is 1. The first-order valence-electron chi connectivity index (χ1n) is 7.76. The summed E-state index contributed by atoms with van der Waals surface area (Å²) in [6, 6.07) is 0. The lowest BCUT2D eigenvalue weighted by atomic mass is 9.94. The minimum absolute atomic E-state index is 0.243. The van der Waals surface area contributed by atoms with Gasteiger partial charge in [0, 0.05) is 19.0 Å². The molecule has 0 heterocycles. The average molecular weight is 250 g/mol. The second kappa shape index (κ2) is 5.20. The average Bonchev–Trinajstić information content (AvgIpc) is 3.29. The predicted molar refractivity (Wildman–Crippen MR) is 71.9 cm³/mol. The standard InChI is InChI=1S/C15H26N2O/c16-8-13-2-1-3-14(13)15(18)17(9-11-4-5-11)10-12-6-7-12/h11-14H,1-10,16H2/t13-,14-/m1/s1. The van der Waals surface area contributed by atoms with Gasteiger partial charge in [0.05, 0.1) is 0 Å². The Bertz CT molecular complexity index is 296. The van der Waals surface area contributed by atoms with Crippen LogP contribution in [0.1, 0.15) is 44.9 Å². The smallest absolute Gasteiger partial charge is 0.226 e. The van der Waals surface area contributed by atoms with Gasteiger partial charge in [-0.15, -0.1) is 0 Å². The second-order valence-corrected chi connectivity index (χ2v) is 6.66. The molecule has 0 saturated heterocycles. The molecule has 102 valence electrons. The highest BCUT2D eigenvalue weighted by Gasteiger charge is 2.38. The molecule has 2 atom stereocenters. The number of amides is 1. The zero-order chi connectivity index (χ0) is 12.5. The molecule has 3 heteroatoms. The van der Waals surface area contributed by atoms with Gasteiger partial charge in [0.1, 0.15) is 0 Å². The van der Waals surface area contributed by atoms with Crippen LogP contribution in [0.5, 0.6) is 0 Å². The van der Waals surface area contributed by atoms with E-state index < -0.39 is 0 Å². The largest absolute Gasteiger partial charge is 0.342 e. The van der Waals surface area contributed by atoms with Crippen LogP contribution in [-0.4, -0.2) is 30.4 Å². The van der Waals surface area contributed by atoms with Crippen molar-refractivity contribution in [2.75, 3.05) is 19.6 Å². The van der Waals surface area contributed by atoms with Gasteiger partial charge in [0.15, 0.2) is 0 Å². The number of nitrogens with zero attached hydrogens (tertiary/aromatic N) is 1.